The van der Waals surface area contributed by atoms with Crippen LogP contribution in [-0.2, 0) is 19.4 Å². The number of methoxy groups -OCH3 is 1. The van der Waals surface area contributed by atoms with Crippen LogP contribution >= 0.6 is 0 Å². The first-order valence-electron chi connectivity index (χ1n) is 4.31. The summed E-state index contributed by atoms with van der Waals surface area (Å²) < 4.78 is 27.7. The summed E-state index contributed by atoms with van der Waals surface area (Å²) in [6.07, 6.45) is 1.61. The highest BCUT2D eigenvalue weighted by Crippen LogP contribution is 2.21. The molecule has 0 saturated heterocycles. The highest BCUT2D eigenvalue weighted by Gasteiger charge is 2.35. The fraction of sp³-hybridized carbons (Fsp3) is 0.875. The van der Waals surface area contributed by atoms with E-state index in [1.807, 2.05) is 0 Å². The zero-order valence-corrected chi connectivity index (χ0v) is 8.47. The first kappa shape index (κ1) is 10.7. The molecule has 4 nitrogen and oxygen atoms in total. The number of ketones is 1. The Labute approximate surface area is 78.2 Å². The molecule has 0 radical (unpaired) electrons. The highest BCUT2D eigenvalue weighted by molar-refractivity contribution is 7.92. The van der Waals surface area contributed by atoms with E-state index in [1.54, 1.807) is 0 Å². The average Bonchev–Trinajstić information content (AvgIpc) is 2.48. The molecule has 13 heavy (non-hydrogen) atoms. The van der Waals surface area contributed by atoms with Crippen LogP contribution in [0.3, 0.4) is 0 Å². The normalized spacial score (nSPS) is 23.8. The summed E-state index contributed by atoms with van der Waals surface area (Å²) in [5.74, 6) is -0.170. The van der Waals surface area contributed by atoms with Gasteiger partial charge < -0.3 is 4.74 Å². The maximum absolute atomic E-state index is 11.5. The number of ether oxygens (including phenoxy) is 1. The van der Waals surface area contributed by atoms with E-state index in [0.29, 0.717) is 19.3 Å². The molecule has 0 N–H and O–H groups in total. The number of carbonyl (C=O) groups is 1. The second-order valence-corrected chi connectivity index (χ2v) is 5.51. The molecule has 0 bridgehead atoms. The molecule has 1 aliphatic carbocycles. The van der Waals surface area contributed by atoms with Crippen LogP contribution in [0.2, 0.25) is 0 Å². The van der Waals surface area contributed by atoms with Crippen molar-refractivity contribution in [2.24, 2.45) is 0 Å². The van der Waals surface area contributed by atoms with Crippen molar-refractivity contribution in [3.63, 3.8) is 0 Å². The number of Topliss-reactive ketones (excluding diaryl/α,β-unsaturated/α-hetero) is 1. The summed E-state index contributed by atoms with van der Waals surface area (Å²) in [6, 6.07) is 0. The topological polar surface area (TPSA) is 60.4 Å². The van der Waals surface area contributed by atoms with Crippen molar-refractivity contribution in [1.29, 1.82) is 0 Å². The van der Waals surface area contributed by atoms with Gasteiger partial charge in [-0.05, 0) is 12.8 Å². The summed E-state index contributed by atoms with van der Waals surface area (Å²) in [7, 11) is -1.80. The van der Waals surface area contributed by atoms with Gasteiger partial charge >= 0.3 is 0 Å². The molecule has 76 valence electrons. The van der Waals surface area contributed by atoms with Crippen molar-refractivity contribution in [1.82, 2.24) is 0 Å². The van der Waals surface area contributed by atoms with Crippen LogP contribution in [-0.4, -0.2) is 38.9 Å². The van der Waals surface area contributed by atoms with Gasteiger partial charge in [-0.1, -0.05) is 0 Å². The Hall–Kier alpha value is -0.420. The minimum absolute atomic E-state index is 0.0418. The second-order valence-electron chi connectivity index (χ2n) is 3.21. The molecule has 1 fully saturated rings. The van der Waals surface area contributed by atoms with Crippen molar-refractivity contribution in [3.8, 4) is 0 Å². The van der Waals surface area contributed by atoms with Gasteiger partial charge in [0.15, 0.2) is 15.6 Å². The molecule has 1 rings (SSSR count). The predicted molar refractivity (Wildman–Crippen MR) is 48.3 cm³/mol. The lowest BCUT2D eigenvalue weighted by atomic mass is 10.3. The third-order valence-corrected chi connectivity index (χ3v) is 4.36. The summed E-state index contributed by atoms with van der Waals surface area (Å²) in [6.45, 7) is 0.173. The molecule has 0 aromatic heterocycles. The van der Waals surface area contributed by atoms with Crippen LogP contribution in [0.25, 0.3) is 0 Å². The molecular formula is C8H14O4S. The Morgan fingerprint density at radius 2 is 2.23 bits per heavy atom. The number of rotatable bonds is 4. The molecule has 1 aliphatic rings. The van der Waals surface area contributed by atoms with E-state index in [9.17, 15) is 13.2 Å². The quantitative estimate of drug-likeness (QED) is 0.658. The molecule has 5 heteroatoms. The molecule has 1 unspecified atom stereocenters. The van der Waals surface area contributed by atoms with Crippen molar-refractivity contribution in [3.05, 3.63) is 0 Å². The van der Waals surface area contributed by atoms with E-state index in [4.69, 9.17) is 0 Å². The van der Waals surface area contributed by atoms with Gasteiger partial charge in [0.1, 0.15) is 5.25 Å². The summed E-state index contributed by atoms with van der Waals surface area (Å²) in [4.78, 5) is 11.2. The van der Waals surface area contributed by atoms with Crippen molar-refractivity contribution in [2.75, 3.05) is 19.5 Å². The summed E-state index contributed by atoms with van der Waals surface area (Å²) in [5.41, 5.74) is 0. The van der Waals surface area contributed by atoms with Crippen LogP contribution in [0.15, 0.2) is 0 Å². The van der Waals surface area contributed by atoms with E-state index >= 15 is 0 Å². The first-order valence-corrected chi connectivity index (χ1v) is 6.02. The molecule has 1 saturated carbocycles. The molecule has 0 aromatic rings. The third kappa shape index (κ3) is 2.51. The molecule has 1 atom stereocenters. The van der Waals surface area contributed by atoms with Gasteiger partial charge in [-0.15, -0.1) is 0 Å². The third-order valence-electron chi connectivity index (χ3n) is 2.25. The molecule has 0 aliphatic heterocycles. The minimum Gasteiger partial charge on any atom is -0.384 e. The van der Waals surface area contributed by atoms with Gasteiger partial charge in [0.25, 0.3) is 0 Å². The zero-order chi connectivity index (χ0) is 9.90. The Morgan fingerprint density at radius 1 is 1.54 bits per heavy atom. The van der Waals surface area contributed by atoms with Crippen LogP contribution in [0.1, 0.15) is 19.3 Å². The second kappa shape index (κ2) is 4.19. The van der Waals surface area contributed by atoms with Gasteiger partial charge in [0.2, 0.25) is 0 Å². The molecule has 0 heterocycles. The van der Waals surface area contributed by atoms with Gasteiger partial charge in [-0.2, -0.15) is 0 Å². The number of sulfone groups is 1. The number of hydrogen-bond acceptors (Lipinski definition) is 4. The molecule has 0 aromatic carbocycles. The fourth-order valence-corrected chi connectivity index (χ4v) is 3.23. The Bertz CT molecular complexity index is 281. The lowest BCUT2D eigenvalue weighted by molar-refractivity contribution is -0.117. The lowest BCUT2D eigenvalue weighted by Crippen LogP contribution is -2.29. The highest BCUT2D eigenvalue weighted by atomic mass is 32.2. The van der Waals surface area contributed by atoms with Crippen LogP contribution in [0.5, 0.6) is 0 Å². The van der Waals surface area contributed by atoms with E-state index in [2.05, 4.69) is 4.74 Å². The van der Waals surface area contributed by atoms with Gasteiger partial charge in [-0.3, -0.25) is 4.79 Å². The molecule has 0 amide bonds. The van der Waals surface area contributed by atoms with Crippen molar-refractivity contribution in [2.45, 2.75) is 24.5 Å². The average molecular weight is 206 g/mol. The van der Waals surface area contributed by atoms with Crippen LogP contribution < -0.4 is 0 Å². The lowest BCUT2D eigenvalue weighted by Gasteiger charge is -2.08. The number of hydrogen-bond donors (Lipinski definition) is 0. The van der Waals surface area contributed by atoms with E-state index < -0.39 is 15.1 Å². The van der Waals surface area contributed by atoms with E-state index in [-0.39, 0.29) is 18.1 Å². The first-order chi connectivity index (χ1) is 6.08. The minimum atomic E-state index is -3.25. The Morgan fingerprint density at radius 3 is 2.69 bits per heavy atom. The molecule has 0 spiro atoms. The predicted octanol–water partition coefficient (Wildman–Crippen LogP) is 0.169. The van der Waals surface area contributed by atoms with Crippen LogP contribution in [0, 0.1) is 0 Å². The SMILES string of the molecule is COCCS(=O)(=O)C1CCCC1=O. The largest absolute Gasteiger partial charge is 0.384 e. The molecular weight excluding hydrogens is 192 g/mol. The van der Waals surface area contributed by atoms with E-state index in [1.165, 1.54) is 7.11 Å². The standard InChI is InChI=1S/C8H14O4S/c1-12-5-6-13(10,11)8-4-2-3-7(8)9/h8H,2-6H2,1H3. The smallest absolute Gasteiger partial charge is 0.162 e. The number of carbonyl (C=O) groups excluding carboxylic acids is 1. The maximum atomic E-state index is 11.5. The Kier molecular flexibility index (Phi) is 3.44. The van der Waals surface area contributed by atoms with Crippen molar-refractivity contribution >= 4 is 15.6 Å². The van der Waals surface area contributed by atoms with Gasteiger partial charge in [0.05, 0.1) is 12.4 Å². The maximum Gasteiger partial charge on any atom is 0.162 e. The monoisotopic (exact) mass is 206 g/mol. The zero-order valence-electron chi connectivity index (χ0n) is 7.65. The van der Waals surface area contributed by atoms with Crippen LogP contribution in [0.4, 0.5) is 0 Å². The fourth-order valence-electron chi connectivity index (χ4n) is 1.51. The van der Waals surface area contributed by atoms with Crippen molar-refractivity contribution < 1.29 is 17.9 Å². The van der Waals surface area contributed by atoms with Gasteiger partial charge in [-0.25, -0.2) is 8.42 Å². The summed E-state index contributed by atoms with van der Waals surface area (Å²) in [5, 5.41) is -0.748. The van der Waals surface area contributed by atoms with E-state index in [0.717, 1.165) is 0 Å². The van der Waals surface area contributed by atoms with Gasteiger partial charge in [0, 0.05) is 13.5 Å². The Balaban J connectivity index is 2.63. The summed E-state index contributed by atoms with van der Waals surface area (Å²) >= 11 is 0.